The molecule has 2 rings (SSSR count). The molecule has 74 valence electrons. The summed E-state index contributed by atoms with van der Waals surface area (Å²) in [4.78, 5) is 10.8. The molecule has 2 unspecified atom stereocenters. The first-order chi connectivity index (χ1) is 6.68. The number of rotatable bonds is 2. The molecule has 0 aromatic heterocycles. The highest BCUT2D eigenvalue weighted by atomic mass is 16.6. The summed E-state index contributed by atoms with van der Waals surface area (Å²) in [5.74, 6) is 0.306. The lowest BCUT2D eigenvalue weighted by molar-refractivity contribution is -0.131. The standard InChI is InChI=1S/C11H12O3/c1-7-11(13-7)9-5-3-4-6-10(9)14-8(2)12/h3-7,11H,1-2H3. The number of epoxide rings is 1. The Balaban J connectivity index is 2.25. The summed E-state index contributed by atoms with van der Waals surface area (Å²) in [6.07, 6.45) is 0.317. The van der Waals surface area contributed by atoms with Crippen LogP contribution in [0.15, 0.2) is 24.3 Å². The van der Waals surface area contributed by atoms with Crippen LogP contribution in [-0.2, 0) is 9.53 Å². The summed E-state index contributed by atoms with van der Waals surface area (Å²) >= 11 is 0. The van der Waals surface area contributed by atoms with E-state index in [4.69, 9.17) is 9.47 Å². The Labute approximate surface area is 82.6 Å². The second-order valence-electron chi connectivity index (χ2n) is 3.39. The van der Waals surface area contributed by atoms with Gasteiger partial charge < -0.3 is 9.47 Å². The third-order valence-corrected chi connectivity index (χ3v) is 2.19. The van der Waals surface area contributed by atoms with Crippen LogP contribution in [0, 0.1) is 0 Å². The fraction of sp³-hybridized carbons (Fsp3) is 0.364. The lowest BCUT2D eigenvalue weighted by atomic mass is 10.1. The van der Waals surface area contributed by atoms with Crippen molar-refractivity contribution in [2.45, 2.75) is 26.1 Å². The maximum absolute atomic E-state index is 10.8. The van der Waals surface area contributed by atoms with Gasteiger partial charge in [0.2, 0.25) is 0 Å². The van der Waals surface area contributed by atoms with Crippen molar-refractivity contribution in [1.29, 1.82) is 0 Å². The lowest BCUT2D eigenvalue weighted by Crippen LogP contribution is -2.03. The van der Waals surface area contributed by atoms with E-state index in [0.29, 0.717) is 5.75 Å². The molecule has 0 spiro atoms. The Morgan fingerprint density at radius 1 is 1.43 bits per heavy atom. The monoisotopic (exact) mass is 192 g/mol. The van der Waals surface area contributed by atoms with Crippen molar-refractivity contribution in [3.8, 4) is 5.75 Å². The van der Waals surface area contributed by atoms with E-state index in [1.165, 1.54) is 6.92 Å². The molecule has 3 heteroatoms. The van der Waals surface area contributed by atoms with Crippen LogP contribution < -0.4 is 4.74 Å². The molecule has 1 heterocycles. The second kappa shape index (κ2) is 3.42. The second-order valence-corrected chi connectivity index (χ2v) is 3.39. The van der Waals surface area contributed by atoms with E-state index >= 15 is 0 Å². The molecule has 0 radical (unpaired) electrons. The molecule has 0 amide bonds. The van der Waals surface area contributed by atoms with Gasteiger partial charge in [0.05, 0.1) is 6.10 Å². The van der Waals surface area contributed by atoms with Gasteiger partial charge in [0.25, 0.3) is 0 Å². The number of para-hydroxylation sites is 1. The van der Waals surface area contributed by atoms with Gasteiger partial charge in [-0.2, -0.15) is 0 Å². The minimum absolute atomic E-state index is 0.0885. The Kier molecular flexibility index (Phi) is 2.25. The highest BCUT2D eigenvalue weighted by Gasteiger charge is 2.37. The van der Waals surface area contributed by atoms with Crippen molar-refractivity contribution >= 4 is 5.97 Å². The third-order valence-electron chi connectivity index (χ3n) is 2.19. The average molecular weight is 192 g/mol. The number of esters is 1. The first-order valence-corrected chi connectivity index (χ1v) is 4.61. The smallest absolute Gasteiger partial charge is 0.308 e. The van der Waals surface area contributed by atoms with E-state index in [9.17, 15) is 4.79 Å². The van der Waals surface area contributed by atoms with Crippen LogP contribution >= 0.6 is 0 Å². The van der Waals surface area contributed by atoms with Crippen molar-refractivity contribution in [1.82, 2.24) is 0 Å². The van der Waals surface area contributed by atoms with E-state index in [1.54, 1.807) is 6.07 Å². The molecule has 0 N–H and O–H groups in total. The zero-order valence-electron chi connectivity index (χ0n) is 8.19. The van der Waals surface area contributed by atoms with Crippen LogP contribution in [-0.4, -0.2) is 12.1 Å². The van der Waals surface area contributed by atoms with Crippen LogP contribution in [0.5, 0.6) is 5.75 Å². The van der Waals surface area contributed by atoms with Gasteiger partial charge in [-0.3, -0.25) is 4.79 Å². The molecule has 1 aliphatic heterocycles. The topological polar surface area (TPSA) is 38.8 Å². The Bertz CT molecular complexity index is 359. The first-order valence-electron chi connectivity index (χ1n) is 4.61. The molecule has 1 aromatic rings. The van der Waals surface area contributed by atoms with Crippen molar-refractivity contribution < 1.29 is 14.3 Å². The average Bonchev–Trinajstić information content (AvgIpc) is 2.82. The normalized spacial score (nSPS) is 24.4. The van der Waals surface area contributed by atoms with E-state index in [1.807, 2.05) is 25.1 Å². The van der Waals surface area contributed by atoms with Crippen molar-refractivity contribution in [2.24, 2.45) is 0 Å². The zero-order chi connectivity index (χ0) is 10.1. The number of benzene rings is 1. The van der Waals surface area contributed by atoms with Gasteiger partial charge in [-0.1, -0.05) is 18.2 Å². The summed E-state index contributed by atoms with van der Waals surface area (Å²) in [5, 5.41) is 0. The summed E-state index contributed by atoms with van der Waals surface area (Å²) in [6, 6.07) is 7.46. The number of hydrogen-bond donors (Lipinski definition) is 0. The summed E-state index contributed by atoms with van der Waals surface area (Å²) in [6.45, 7) is 3.39. The maximum atomic E-state index is 10.8. The van der Waals surface area contributed by atoms with Crippen LogP contribution in [0.4, 0.5) is 0 Å². The van der Waals surface area contributed by atoms with Gasteiger partial charge in [0.1, 0.15) is 11.9 Å². The number of hydrogen-bond acceptors (Lipinski definition) is 3. The molecular formula is C11H12O3. The van der Waals surface area contributed by atoms with Crippen LogP contribution in [0.2, 0.25) is 0 Å². The summed E-state index contributed by atoms with van der Waals surface area (Å²) in [5.41, 5.74) is 0.954. The predicted octanol–water partition coefficient (Wildman–Crippen LogP) is 2.07. The lowest BCUT2D eigenvalue weighted by Gasteiger charge is -2.05. The molecule has 14 heavy (non-hydrogen) atoms. The summed E-state index contributed by atoms with van der Waals surface area (Å²) < 4.78 is 10.4. The van der Waals surface area contributed by atoms with Crippen LogP contribution in [0.1, 0.15) is 25.5 Å². The van der Waals surface area contributed by atoms with Gasteiger partial charge in [-0.25, -0.2) is 0 Å². The van der Waals surface area contributed by atoms with E-state index in [0.717, 1.165) is 5.56 Å². The van der Waals surface area contributed by atoms with E-state index in [-0.39, 0.29) is 18.2 Å². The molecule has 0 bridgehead atoms. The molecule has 1 fully saturated rings. The van der Waals surface area contributed by atoms with Crippen LogP contribution in [0.3, 0.4) is 0 Å². The number of carbonyl (C=O) groups excluding carboxylic acids is 1. The fourth-order valence-corrected chi connectivity index (χ4v) is 1.48. The maximum Gasteiger partial charge on any atom is 0.308 e. The molecule has 1 aromatic carbocycles. The van der Waals surface area contributed by atoms with Gasteiger partial charge in [0, 0.05) is 12.5 Å². The largest absolute Gasteiger partial charge is 0.426 e. The third kappa shape index (κ3) is 1.77. The molecule has 0 aliphatic carbocycles. The Morgan fingerprint density at radius 2 is 2.07 bits per heavy atom. The van der Waals surface area contributed by atoms with Crippen molar-refractivity contribution in [2.75, 3.05) is 0 Å². The van der Waals surface area contributed by atoms with Gasteiger partial charge >= 0.3 is 5.97 Å². The van der Waals surface area contributed by atoms with Gasteiger partial charge in [-0.15, -0.1) is 0 Å². The Morgan fingerprint density at radius 3 is 2.64 bits per heavy atom. The van der Waals surface area contributed by atoms with Gasteiger partial charge in [-0.05, 0) is 13.0 Å². The highest BCUT2D eigenvalue weighted by molar-refractivity contribution is 5.69. The zero-order valence-corrected chi connectivity index (χ0v) is 8.19. The fourth-order valence-electron chi connectivity index (χ4n) is 1.48. The summed E-state index contributed by atoms with van der Waals surface area (Å²) in [7, 11) is 0. The SMILES string of the molecule is CC(=O)Oc1ccccc1C1OC1C. The predicted molar refractivity (Wildman–Crippen MR) is 51.0 cm³/mol. The van der Waals surface area contributed by atoms with E-state index in [2.05, 4.69) is 0 Å². The number of carbonyl (C=O) groups is 1. The van der Waals surface area contributed by atoms with Crippen molar-refractivity contribution in [3.63, 3.8) is 0 Å². The molecule has 1 aliphatic rings. The Hall–Kier alpha value is -1.35. The van der Waals surface area contributed by atoms with Crippen molar-refractivity contribution in [3.05, 3.63) is 29.8 Å². The first kappa shape index (κ1) is 9.21. The molecule has 1 saturated heterocycles. The molecule has 2 atom stereocenters. The molecule has 3 nitrogen and oxygen atoms in total. The van der Waals surface area contributed by atoms with Crippen LogP contribution in [0.25, 0.3) is 0 Å². The molecular weight excluding hydrogens is 180 g/mol. The van der Waals surface area contributed by atoms with E-state index < -0.39 is 0 Å². The highest BCUT2D eigenvalue weighted by Crippen LogP contribution is 2.42. The van der Waals surface area contributed by atoms with Gasteiger partial charge in [0.15, 0.2) is 0 Å². The number of ether oxygens (including phenoxy) is 2. The quantitative estimate of drug-likeness (QED) is 0.409. The molecule has 0 saturated carbocycles. The minimum atomic E-state index is -0.300. The minimum Gasteiger partial charge on any atom is -0.426 e.